The average molecular weight is 248 g/mol. The number of rotatable bonds is 3. The first-order valence-electron chi connectivity index (χ1n) is 5.54. The molecule has 1 heterocycles. The Morgan fingerprint density at radius 2 is 2.06 bits per heavy atom. The van der Waals surface area contributed by atoms with Crippen LogP contribution in [-0.4, -0.2) is 9.97 Å². The summed E-state index contributed by atoms with van der Waals surface area (Å²) in [6, 6.07) is 9.83. The third kappa shape index (κ3) is 3.17. The predicted octanol–water partition coefficient (Wildman–Crippen LogP) is 3.74. The van der Waals surface area contributed by atoms with E-state index in [0.29, 0.717) is 5.15 Å². The second kappa shape index (κ2) is 5.15. The van der Waals surface area contributed by atoms with Crippen molar-refractivity contribution in [1.82, 2.24) is 9.97 Å². The minimum absolute atomic E-state index is 0.465. The molecule has 2 aromatic rings. The van der Waals surface area contributed by atoms with Crippen LogP contribution in [0.2, 0.25) is 5.15 Å². The molecule has 88 valence electrons. The molecular weight excluding hydrogens is 234 g/mol. The zero-order valence-electron chi connectivity index (χ0n) is 9.87. The summed E-state index contributed by atoms with van der Waals surface area (Å²) < 4.78 is 0. The number of hydrogen-bond acceptors (Lipinski definition) is 3. The van der Waals surface area contributed by atoms with Crippen molar-refractivity contribution >= 4 is 23.1 Å². The van der Waals surface area contributed by atoms with E-state index in [1.165, 1.54) is 5.56 Å². The molecular formula is C13H14ClN3. The molecule has 2 rings (SSSR count). The minimum atomic E-state index is 0.465. The zero-order valence-corrected chi connectivity index (χ0v) is 10.6. The lowest BCUT2D eigenvalue weighted by Crippen LogP contribution is -1.99. The fraction of sp³-hybridized carbons (Fsp3) is 0.231. The maximum atomic E-state index is 5.94. The molecule has 0 aliphatic heterocycles. The molecule has 0 radical (unpaired) electrons. The van der Waals surface area contributed by atoms with Gasteiger partial charge in [-0.05, 0) is 24.6 Å². The Hall–Kier alpha value is -1.61. The normalized spacial score (nSPS) is 10.3. The molecule has 17 heavy (non-hydrogen) atoms. The van der Waals surface area contributed by atoms with Crippen molar-refractivity contribution in [3.05, 3.63) is 46.9 Å². The second-order valence-corrected chi connectivity index (χ2v) is 4.23. The van der Waals surface area contributed by atoms with Crippen LogP contribution < -0.4 is 5.32 Å². The Balaban J connectivity index is 2.26. The van der Waals surface area contributed by atoms with Crippen molar-refractivity contribution < 1.29 is 0 Å². The maximum Gasteiger partial charge on any atom is 0.135 e. The lowest BCUT2D eigenvalue weighted by atomic mass is 10.2. The van der Waals surface area contributed by atoms with Crippen LogP contribution in [0.1, 0.15) is 18.3 Å². The number of aryl methyl sites for hydroxylation is 2. The topological polar surface area (TPSA) is 37.8 Å². The molecule has 0 fully saturated rings. The summed E-state index contributed by atoms with van der Waals surface area (Å²) in [5.74, 6) is 1.47. The monoisotopic (exact) mass is 247 g/mol. The molecule has 0 spiro atoms. The maximum absolute atomic E-state index is 5.94. The lowest BCUT2D eigenvalue weighted by Gasteiger charge is -2.07. The van der Waals surface area contributed by atoms with E-state index in [1.807, 2.05) is 19.1 Å². The lowest BCUT2D eigenvalue weighted by molar-refractivity contribution is 0.943. The van der Waals surface area contributed by atoms with E-state index in [4.69, 9.17) is 11.6 Å². The second-order valence-electron chi connectivity index (χ2n) is 3.84. The van der Waals surface area contributed by atoms with E-state index in [9.17, 15) is 0 Å². The number of aromatic nitrogens is 2. The Morgan fingerprint density at radius 1 is 1.24 bits per heavy atom. The van der Waals surface area contributed by atoms with Gasteiger partial charge in [-0.1, -0.05) is 30.7 Å². The van der Waals surface area contributed by atoms with Crippen LogP contribution in [0.15, 0.2) is 30.3 Å². The van der Waals surface area contributed by atoms with E-state index in [1.54, 1.807) is 6.07 Å². The quantitative estimate of drug-likeness (QED) is 0.840. The van der Waals surface area contributed by atoms with Crippen molar-refractivity contribution in [2.24, 2.45) is 0 Å². The van der Waals surface area contributed by atoms with Crippen molar-refractivity contribution in [3.8, 4) is 0 Å². The number of benzene rings is 1. The van der Waals surface area contributed by atoms with Crippen LogP contribution >= 0.6 is 11.6 Å². The van der Waals surface area contributed by atoms with Gasteiger partial charge in [-0.25, -0.2) is 9.97 Å². The molecule has 0 aliphatic carbocycles. The summed E-state index contributed by atoms with van der Waals surface area (Å²) in [7, 11) is 0. The van der Waals surface area contributed by atoms with Crippen LogP contribution in [0, 0.1) is 6.92 Å². The highest BCUT2D eigenvalue weighted by Gasteiger charge is 2.02. The van der Waals surface area contributed by atoms with Gasteiger partial charge in [-0.15, -0.1) is 0 Å². The van der Waals surface area contributed by atoms with Gasteiger partial charge < -0.3 is 5.32 Å². The Labute approximate surface area is 106 Å². The molecule has 0 aliphatic rings. The molecule has 0 atom stereocenters. The number of nitrogens with zero attached hydrogens (tertiary/aromatic N) is 2. The molecule has 0 saturated carbocycles. The summed E-state index contributed by atoms with van der Waals surface area (Å²) in [5.41, 5.74) is 2.20. The molecule has 0 amide bonds. The smallest absolute Gasteiger partial charge is 0.135 e. The molecule has 1 aromatic heterocycles. The highest BCUT2D eigenvalue weighted by Crippen LogP contribution is 2.18. The first-order chi connectivity index (χ1) is 8.17. The van der Waals surface area contributed by atoms with Gasteiger partial charge in [0.1, 0.15) is 16.8 Å². The van der Waals surface area contributed by atoms with Gasteiger partial charge in [0.2, 0.25) is 0 Å². The number of hydrogen-bond donors (Lipinski definition) is 1. The van der Waals surface area contributed by atoms with E-state index in [2.05, 4.69) is 34.3 Å². The number of anilines is 2. The average Bonchev–Trinajstić information content (AvgIpc) is 2.28. The summed E-state index contributed by atoms with van der Waals surface area (Å²) in [4.78, 5) is 8.50. The van der Waals surface area contributed by atoms with Crippen molar-refractivity contribution in [3.63, 3.8) is 0 Å². The van der Waals surface area contributed by atoms with Gasteiger partial charge in [-0.3, -0.25) is 0 Å². The molecule has 0 unspecified atom stereocenters. The van der Waals surface area contributed by atoms with E-state index < -0.39 is 0 Å². The van der Waals surface area contributed by atoms with Gasteiger partial charge in [0, 0.05) is 18.2 Å². The van der Waals surface area contributed by atoms with E-state index in [0.717, 1.165) is 23.8 Å². The predicted molar refractivity (Wildman–Crippen MR) is 70.9 cm³/mol. The fourth-order valence-electron chi connectivity index (χ4n) is 1.56. The Kier molecular flexibility index (Phi) is 3.59. The van der Waals surface area contributed by atoms with Crippen LogP contribution in [0.25, 0.3) is 0 Å². The fourth-order valence-corrected chi connectivity index (χ4v) is 1.76. The summed E-state index contributed by atoms with van der Waals surface area (Å²) in [6.45, 7) is 4.05. The van der Waals surface area contributed by atoms with Gasteiger partial charge in [-0.2, -0.15) is 0 Å². The van der Waals surface area contributed by atoms with Gasteiger partial charge >= 0.3 is 0 Å². The Morgan fingerprint density at radius 3 is 2.76 bits per heavy atom. The Bertz CT molecular complexity index is 526. The number of nitrogens with one attached hydrogen (secondary N) is 1. The number of halogens is 1. The van der Waals surface area contributed by atoms with Gasteiger partial charge in [0.05, 0.1) is 0 Å². The van der Waals surface area contributed by atoms with Gasteiger partial charge in [0.25, 0.3) is 0 Å². The largest absolute Gasteiger partial charge is 0.340 e. The molecule has 4 heteroatoms. The van der Waals surface area contributed by atoms with Crippen LogP contribution in [-0.2, 0) is 6.42 Å². The van der Waals surface area contributed by atoms with E-state index >= 15 is 0 Å². The highest BCUT2D eigenvalue weighted by molar-refractivity contribution is 6.29. The summed E-state index contributed by atoms with van der Waals surface area (Å²) in [6.07, 6.45) is 0.767. The highest BCUT2D eigenvalue weighted by atomic mass is 35.5. The third-order valence-corrected chi connectivity index (χ3v) is 2.54. The SMILES string of the molecule is CCc1nc(Cl)cc(Nc2cccc(C)c2)n1. The molecule has 0 saturated heterocycles. The third-order valence-electron chi connectivity index (χ3n) is 2.35. The van der Waals surface area contributed by atoms with Crippen molar-refractivity contribution in [1.29, 1.82) is 0 Å². The van der Waals surface area contributed by atoms with Crippen LogP contribution in [0.3, 0.4) is 0 Å². The first kappa shape index (κ1) is 11.9. The molecule has 0 bridgehead atoms. The standard InChI is InChI=1S/C13H14ClN3/c1-3-12-16-11(14)8-13(17-12)15-10-6-4-5-9(2)7-10/h4-8H,3H2,1-2H3,(H,15,16,17). The van der Waals surface area contributed by atoms with E-state index in [-0.39, 0.29) is 0 Å². The van der Waals surface area contributed by atoms with Crippen LogP contribution in [0.4, 0.5) is 11.5 Å². The van der Waals surface area contributed by atoms with Gasteiger partial charge in [0.15, 0.2) is 0 Å². The van der Waals surface area contributed by atoms with Crippen LogP contribution in [0.5, 0.6) is 0 Å². The molecule has 3 nitrogen and oxygen atoms in total. The summed E-state index contributed by atoms with van der Waals surface area (Å²) in [5, 5.41) is 3.69. The first-order valence-corrected chi connectivity index (χ1v) is 5.92. The summed E-state index contributed by atoms with van der Waals surface area (Å²) >= 11 is 5.94. The molecule has 1 aromatic carbocycles. The van der Waals surface area contributed by atoms with Crippen molar-refractivity contribution in [2.45, 2.75) is 20.3 Å². The minimum Gasteiger partial charge on any atom is -0.340 e. The zero-order chi connectivity index (χ0) is 12.3. The van der Waals surface area contributed by atoms with Crippen molar-refractivity contribution in [2.75, 3.05) is 5.32 Å². The molecule has 1 N–H and O–H groups in total.